The smallest absolute Gasteiger partial charge is 0.0441 e. The number of hydrogen-bond acceptors (Lipinski definition) is 2. The van der Waals surface area contributed by atoms with Gasteiger partial charge in [0.25, 0.3) is 0 Å². The van der Waals surface area contributed by atoms with Gasteiger partial charge in [-0.2, -0.15) is 5.10 Å². The Labute approximate surface area is 74.4 Å². The van der Waals surface area contributed by atoms with E-state index in [9.17, 15) is 0 Å². The summed E-state index contributed by atoms with van der Waals surface area (Å²) >= 11 is 0. The summed E-state index contributed by atoms with van der Waals surface area (Å²) in [6.45, 7) is 4.58. The van der Waals surface area contributed by atoms with Gasteiger partial charge in [0.15, 0.2) is 0 Å². The first-order chi connectivity index (χ1) is 5.77. The topological polar surface area (TPSA) is 24.4 Å². The van der Waals surface area contributed by atoms with Gasteiger partial charge in [-0.05, 0) is 31.6 Å². The molecular weight excluding hydrogens is 148 g/mol. The molecule has 68 valence electrons. The molecule has 2 fully saturated rings. The lowest BCUT2D eigenvalue weighted by Crippen LogP contribution is -2.32. The third-order valence-corrected chi connectivity index (χ3v) is 2.91. The van der Waals surface area contributed by atoms with E-state index in [1.165, 1.54) is 31.4 Å². The average Bonchev–Trinajstić information content (AvgIpc) is 2.67. The van der Waals surface area contributed by atoms with Gasteiger partial charge in [-0.3, -0.25) is 0 Å². The number of rotatable bonds is 3. The second kappa shape index (κ2) is 3.08. The minimum absolute atomic E-state index is 0.714. The molecule has 0 bridgehead atoms. The summed E-state index contributed by atoms with van der Waals surface area (Å²) in [5.74, 6) is 1.55. The van der Waals surface area contributed by atoms with Gasteiger partial charge in [0, 0.05) is 17.7 Å². The molecule has 12 heavy (non-hydrogen) atoms. The standard InChI is InChI=1S/C10H18N2/c1-7(2)9-5-6-10(9)12-11-8-3-4-8/h7-9,11H,3-6H2,1-2H3/b12-10+. The summed E-state index contributed by atoms with van der Waals surface area (Å²) in [5, 5.41) is 4.46. The number of nitrogens with zero attached hydrogens (tertiary/aromatic N) is 1. The molecule has 0 spiro atoms. The second-order valence-electron chi connectivity index (χ2n) is 4.40. The molecule has 2 aliphatic rings. The third-order valence-electron chi connectivity index (χ3n) is 2.91. The molecule has 0 heterocycles. The molecule has 0 aromatic rings. The fraction of sp³-hybridized carbons (Fsp3) is 0.900. The maximum atomic E-state index is 4.46. The summed E-state index contributed by atoms with van der Waals surface area (Å²) in [4.78, 5) is 0. The van der Waals surface area contributed by atoms with E-state index in [1.54, 1.807) is 0 Å². The van der Waals surface area contributed by atoms with Gasteiger partial charge in [-0.1, -0.05) is 13.8 Å². The predicted molar refractivity (Wildman–Crippen MR) is 51.2 cm³/mol. The highest BCUT2D eigenvalue weighted by atomic mass is 15.3. The van der Waals surface area contributed by atoms with Crippen molar-refractivity contribution in [3.63, 3.8) is 0 Å². The Morgan fingerprint density at radius 2 is 2.08 bits per heavy atom. The van der Waals surface area contributed by atoms with Crippen molar-refractivity contribution in [2.75, 3.05) is 0 Å². The summed E-state index contributed by atoms with van der Waals surface area (Å²) in [5.41, 5.74) is 4.65. The Kier molecular flexibility index (Phi) is 2.07. The van der Waals surface area contributed by atoms with Crippen LogP contribution >= 0.6 is 0 Å². The van der Waals surface area contributed by atoms with Crippen LogP contribution in [0.2, 0.25) is 0 Å². The van der Waals surface area contributed by atoms with Crippen molar-refractivity contribution in [2.24, 2.45) is 16.9 Å². The zero-order valence-electron chi connectivity index (χ0n) is 8.01. The van der Waals surface area contributed by atoms with E-state index in [0.29, 0.717) is 6.04 Å². The van der Waals surface area contributed by atoms with Gasteiger partial charge in [-0.15, -0.1) is 0 Å². The molecule has 2 nitrogen and oxygen atoms in total. The van der Waals surface area contributed by atoms with Crippen LogP contribution in [0.25, 0.3) is 0 Å². The zero-order valence-corrected chi connectivity index (χ0v) is 8.01. The zero-order chi connectivity index (χ0) is 8.55. The Hall–Kier alpha value is -0.530. The van der Waals surface area contributed by atoms with Gasteiger partial charge >= 0.3 is 0 Å². The summed E-state index contributed by atoms with van der Waals surface area (Å²) < 4.78 is 0. The van der Waals surface area contributed by atoms with E-state index >= 15 is 0 Å². The number of hydrazone groups is 1. The monoisotopic (exact) mass is 166 g/mol. The SMILES string of the molecule is CC(C)C1CC/C1=N\NC1CC1. The molecule has 0 aromatic heterocycles. The Morgan fingerprint density at radius 3 is 2.50 bits per heavy atom. The van der Waals surface area contributed by atoms with Crippen molar-refractivity contribution < 1.29 is 0 Å². The van der Waals surface area contributed by atoms with E-state index in [1.807, 2.05) is 0 Å². The maximum absolute atomic E-state index is 4.46. The fourth-order valence-electron chi connectivity index (χ4n) is 1.68. The van der Waals surface area contributed by atoms with Crippen LogP contribution in [-0.4, -0.2) is 11.8 Å². The summed E-state index contributed by atoms with van der Waals surface area (Å²) in [6.07, 6.45) is 5.22. The lowest BCUT2D eigenvalue weighted by molar-refractivity contribution is 0.409. The highest BCUT2D eigenvalue weighted by Gasteiger charge is 2.29. The predicted octanol–water partition coefficient (Wildman–Crippen LogP) is 2.16. The second-order valence-corrected chi connectivity index (χ2v) is 4.40. The average molecular weight is 166 g/mol. The highest BCUT2D eigenvalue weighted by molar-refractivity contribution is 5.91. The van der Waals surface area contributed by atoms with Crippen LogP contribution in [0.1, 0.15) is 39.5 Å². The van der Waals surface area contributed by atoms with Gasteiger partial charge in [0.2, 0.25) is 0 Å². The summed E-state index contributed by atoms with van der Waals surface area (Å²) in [6, 6.07) is 0.714. The van der Waals surface area contributed by atoms with Crippen LogP contribution in [0.3, 0.4) is 0 Å². The first-order valence-corrected chi connectivity index (χ1v) is 5.09. The lowest BCUT2D eigenvalue weighted by atomic mass is 9.75. The molecule has 1 N–H and O–H groups in total. The van der Waals surface area contributed by atoms with Crippen LogP contribution in [-0.2, 0) is 0 Å². The van der Waals surface area contributed by atoms with Crippen molar-refractivity contribution in [1.82, 2.24) is 5.43 Å². The lowest BCUT2D eigenvalue weighted by Gasteiger charge is -2.31. The molecule has 0 aromatic carbocycles. The molecule has 1 unspecified atom stereocenters. The molecule has 0 aliphatic heterocycles. The minimum atomic E-state index is 0.714. The van der Waals surface area contributed by atoms with Crippen molar-refractivity contribution in [3.05, 3.63) is 0 Å². The molecule has 2 saturated carbocycles. The first-order valence-electron chi connectivity index (χ1n) is 5.09. The fourth-order valence-corrected chi connectivity index (χ4v) is 1.68. The molecule has 2 aliphatic carbocycles. The molecule has 0 saturated heterocycles. The van der Waals surface area contributed by atoms with Gasteiger partial charge in [0.1, 0.15) is 0 Å². The van der Waals surface area contributed by atoms with E-state index in [2.05, 4.69) is 24.4 Å². The number of hydrogen-bond donors (Lipinski definition) is 1. The minimum Gasteiger partial charge on any atom is -0.307 e. The summed E-state index contributed by atoms with van der Waals surface area (Å²) in [7, 11) is 0. The van der Waals surface area contributed by atoms with Gasteiger partial charge < -0.3 is 5.43 Å². The van der Waals surface area contributed by atoms with E-state index in [0.717, 1.165) is 11.8 Å². The Bertz CT molecular complexity index is 192. The Balaban J connectivity index is 1.82. The third kappa shape index (κ3) is 1.62. The van der Waals surface area contributed by atoms with Gasteiger partial charge in [0.05, 0.1) is 0 Å². The largest absolute Gasteiger partial charge is 0.307 e. The number of nitrogens with one attached hydrogen (secondary N) is 1. The molecule has 2 heteroatoms. The highest BCUT2D eigenvalue weighted by Crippen LogP contribution is 2.31. The quantitative estimate of drug-likeness (QED) is 0.638. The van der Waals surface area contributed by atoms with Crippen LogP contribution < -0.4 is 5.43 Å². The molecule has 0 amide bonds. The molecule has 1 atom stereocenters. The van der Waals surface area contributed by atoms with Crippen molar-refractivity contribution in [2.45, 2.75) is 45.6 Å². The van der Waals surface area contributed by atoms with Crippen molar-refractivity contribution in [1.29, 1.82) is 0 Å². The first kappa shape index (κ1) is 8.09. The van der Waals surface area contributed by atoms with Crippen LogP contribution in [0, 0.1) is 11.8 Å². The van der Waals surface area contributed by atoms with Crippen LogP contribution in [0.4, 0.5) is 0 Å². The van der Waals surface area contributed by atoms with E-state index in [4.69, 9.17) is 0 Å². The van der Waals surface area contributed by atoms with E-state index in [-0.39, 0.29) is 0 Å². The Morgan fingerprint density at radius 1 is 1.33 bits per heavy atom. The molecular formula is C10H18N2. The van der Waals surface area contributed by atoms with Crippen LogP contribution in [0.15, 0.2) is 5.10 Å². The van der Waals surface area contributed by atoms with Crippen molar-refractivity contribution in [3.8, 4) is 0 Å². The van der Waals surface area contributed by atoms with Crippen molar-refractivity contribution >= 4 is 5.71 Å². The normalized spacial score (nSPS) is 32.2. The maximum Gasteiger partial charge on any atom is 0.0441 e. The van der Waals surface area contributed by atoms with Crippen LogP contribution in [0.5, 0.6) is 0 Å². The molecule has 0 radical (unpaired) electrons. The van der Waals surface area contributed by atoms with E-state index < -0.39 is 0 Å². The molecule has 2 rings (SSSR count). The van der Waals surface area contributed by atoms with Gasteiger partial charge in [-0.25, -0.2) is 0 Å².